The van der Waals surface area contributed by atoms with E-state index in [1.54, 1.807) is 0 Å². The minimum Gasteiger partial charge on any atom is -0.335 e. The first kappa shape index (κ1) is 26.3. The van der Waals surface area contributed by atoms with Gasteiger partial charge < -0.3 is 4.90 Å². The molecule has 2 aliphatic rings. The molecule has 2 heterocycles. The molecule has 1 aliphatic carbocycles. The molecule has 0 spiro atoms. The van der Waals surface area contributed by atoms with Crippen molar-refractivity contribution in [3.63, 3.8) is 0 Å². The van der Waals surface area contributed by atoms with E-state index < -0.39 is 0 Å². The van der Waals surface area contributed by atoms with E-state index in [2.05, 4.69) is 96.1 Å². The van der Waals surface area contributed by atoms with Crippen molar-refractivity contribution in [1.29, 1.82) is 0 Å². The van der Waals surface area contributed by atoms with Gasteiger partial charge in [0.1, 0.15) is 4.70 Å². The predicted octanol–water partition coefficient (Wildman–Crippen LogP) is 9.86. The van der Waals surface area contributed by atoms with E-state index in [1.807, 2.05) is 23.1 Å². The molecule has 0 radical (unpaired) electrons. The number of fused-ring (bicyclic) bond motifs is 2. The molecule has 0 saturated carbocycles. The molecule has 37 heavy (non-hydrogen) atoms. The van der Waals surface area contributed by atoms with Crippen LogP contribution in [0.5, 0.6) is 0 Å². The minimum absolute atomic E-state index is 0.932. The Morgan fingerprint density at radius 3 is 2.62 bits per heavy atom. The van der Waals surface area contributed by atoms with Crippen molar-refractivity contribution in [3.05, 3.63) is 93.0 Å². The first-order valence-corrected chi connectivity index (χ1v) is 15.6. The molecule has 1 aliphatic heterocycles. The normalized spacial score (nSPS) is 18.2. The van der Waals surface area contributed by atoms with Gasteiger partial charge in [0.15, 0.2) is 6.54 Å². The van der Waals surface area contributed by atoms with Gasteiger partial charge in [-0.05, 0) is 61.1 Å². The Morgan fingerprint density at radius 1 is 0.946 bits per heavy atom. The molecule has 0 atom stereocenters. The lowest BCUT2D eigenvalue weighted by Gasteiger charge is -2.20. The molecule has 0 amide bonds. The lowest BCUT2D eigenvalue weighted by atomic mass is 9.94. The summed E-state index contributed by atoms with van der Waals surface area (Å²) in [6.07, 6.45) is 17.1. The number of aryl methyl sites for hydroxylation is 1. The Bertz CT molecular complexity index is 1380. The Hall–Kier alpha value is -2.27. The summed E-state index contributed by atoms with van der Waals surface area (Å²) < 4.78 is 3.81. The molecule has 0 fully saturated rings. The number of thioether (sulfide) groups is 1. The van der Waals surface area contributed by atoms with E-state index in [0.717, 1.165) is 37.4 Å². The van der Waals surface area contributed by atoms with Crippen LogP contribution in [0.4, 0.5) is 5.69 Å². The molecule has 0 bridgehead atoms. The van der Waals surface area contributed by atoms with Crippen LogP contribution in [0.3, 0.4) is 0 Å². The number of rotatable bonds is 9. The second kappa shape index (κ2) is 12.5. The summed E-state index contributed by atoms with van der Waals surface area (Å²) in [5, 5.41) is 3.54. The van der Waals surface area contributed by atoms with E-state index >= 15 is 0 Å². The fraction of sp³-hybridized carbons (Fsp3) is 0.344. The maximum atomic E-state index is 7.02. The van der Waals surface area contributed by atoms with Crippen LogP contribution >= 0.6 is 34.7 Å². The molecule has 3 aromatic rings. The van der Waals surface area contributed by atoms with Crippen LogP contribution in [-0.4, -0.2) is 6.54 Å². The molecule has 0 unspecified atom stereocenters. The standard InChI is InChI=1S/C32H36ClN2S2/c1-3-5-22-34-26-14-7-9-16-28(26)36-30(34)20-18-24-12-11-13-25(32(24)33)19-21-31-35(23-6-4-2)27-15-8-10-17-29(27)37-31/h7-10,14-21H,3-6,11-13,22-23H2,1-2H3/q+1. The summed E-state index contributed by atoms with van der Waals surface area (Å²) >= 11 is 10.8. The molecular weight excluding hydrogens is 512 g/mol. The third-order valence-electron chi connectivity index (χ3n) is 7.05. The van der Waals surface area contributed by atoms with Gasteiger partial charge in [0.05, 0.1) is 10.7 Å². The average molecular weight is 548 g/mol. The number of unbranched alkanes of at least 4 members (excludes halogenated alkanes) is 2. The topological polar surface area (TPSA) is 7.12 Å². The number of benzene rings is 2. The van der Waals surface area contributed by atoms with Gasteiger partial charge in [0.2, 0.25) is 5.52 Å². The van der Waals surface area contributed by atoms with Crippen LogP contribution in [-0.2, 0) is 6.54 Å². The van der Waals surface area contributed by atoms with E-state index in [-0.39, 0.29) is 0 Å². The Morgan fingerprint density at radius 2 is 1.76 bits per heavy atom. The number of aromatic nitrogens is 1. The molecule has 0 saturated heterocycles. The number of thiazole rings is 1. The lowest BCUT2D eigenvalue weighted by molar-refractivity contribution is -0.669. The number of anilines is 1. The zero-order valence-electron chi connectivity index (χ0n) is 21.9. The van der Waals surface area contributed by atoms with Crippen molar-refractivity contribution in [1.82, 2.24) is 0 Å². The molecule has 0 N–H and O–H groups in total. The summed E-state index contributed by atoms with van der Waals surface area (Å²) in [6.45, 7) is 6.62. The quantitative estimate of drug-likeness (QED) is 0.246. The highest BCUT2D eigenvalue weighted by Crippen LogP contribution is 2.46. The number of allylic oxidation sites excluding steroid dienone is 6. The fourth-order valence-corrected chi connectivity index (χ4v) is 7.50. The van der Waals surface area contributed by atoms with E-state index in [9.17, 15) is 0 Å². The second-order valence-electron chi connectivity index (χ2n) is 9.71. The first-order valence-electron chi connectivity index (χ1n) is 13.6. The number of para-hydroxylation sites is 2. The van der Waals surface area contributed by atoms with Gasteiger partial charge in [-0.2, -0.15) is 4.57 Å². The van der Waals surface area contributed by atoms with Gasteiger partial charge >= 0.3 is 0 Å². The summed E-state index contributed by atoms with van der Waals surface area (Å²) in [6, 6.07) is 17.5. The van der Waals surface area contributed by atoms with Gasteiger partial charge in [-0.15, -0.1) is 0 Å². The van der Waals surface area contributed by atoms with Crippen molar-refractivity contribution < 1.29 is 4.57 Å². The third-order valence-corrected chi connectivity index (χ3v) is 9.80. The van der Waals surface area contributed by atoms with Gasteiger partial charge in [-0.3, -0.25) is 0 Å². The smallest absolute Gasteiger partial charge is 0.262 e. The summed E-state index contributed by atoms with van der Waals surface area (Å²) in [4.78, 5) is 3.81. The van der Waals surface area contributed by atoms with Crippen LogP contribution in [0.2, 0.25) is 0 Å². The number of nitrogens with zero attached hydrogens (tertiary/aromatic N) is 2. The van der Waals surface area contributed by atoms with Crippen molar-refractivity contribution in [2.45, 2.75) is 70.2 Å². The molecule has 2 aromatic carbocycles. The largest absolute Gasteiger partial charge is 0.335 e. The Balaban J connectivity index is 1.41. The van der Waals surface area contributed by atoms with Gasteiger partial charge in [0, 0.05) is 35.0 Å². The Labute approximate surface area is 235 Å². The molecule has 192 valence electrons. The van der Waals surface area contributed by atoms with Crippen LogP contribution < -0.4 is 9.47 Å². The maximum Gasteiger partial charge on any atom is 0.262 e. The molecule has 1 aromatic heterocycles. The minimum atomic E-state index is 0.932. The van der Waals surface area contributed by atoms with Crippen molar-refractivity contribution in [3.8, 4) is 0 Å². The zero-order valence-corrected chi connectivity index (χ0v) is 24.3. The van der Waals surface area contributed by atoms with Crippen molar-refractivity contribution in [2.24, 2.45) is 0 Å². The summed E-state index contributed by atoms with van der Waals surface area (Å²) in [7, 11) is 0. The highest BCUT2D eigenvalue weighted by molar-refractivity contribution is 8.03. The van der Waals surface area contributed by atoms with Gasteiger partial charge in [-0.1, -0.05) is 97.8 Å². The fourth-order valence-electron chi connectivity index (χ4n) is 5.00. The SMILES string of the molecule is CCCCN1C(=CC=C2CCCC(C=Cc3sc4ccccc4[n+]3CCCC)=C2Cl)Sc2ccccc21. The maximum absolute atomic E-state index is 7.02. The van der Waals surface area contributed by atoms with Crippen LogP contribution in [0.25, 0.3) is 16.3 Å². The van der Waals surface area contributed by atoms with E-state index in [1.165, 1.54) is 67.7 Å². The molecule has 2 nitrogen and oxygen atoms in total. The number of hydrogen-bond donors (Lipinski definition) is 0. The van der Waals surface area contributed by atoms with E-state index in [4.69, 9.17) is 11.6 Å². The lowest BCUT2D eigenvalue weighted by Crippen LogP contribution is -2.34. The number of hydrogen-bond acceptors (Lipinski definition) is 3. The number of halogens is 1. The van der Waals surface area contributed by atoms with Crippen LogP contribution in [0, 0.1) is 0 Å². The molecule has 5 heteroatoms. The third kappa shape index (κ3) is 5.92. The highest BCUT2D eigenvalue weighted by Gasteiger charge is 2.24. The predicted molar refractivity (Wildman–Crippen MR) is 163 cm³/mol. The first-order chi connectivity index (χ1) is 18.2. The van der Waals surface area contributed by atoms with Crippen molar-refractivity contribution in [2.75, 3.05) is 11.4 Å². The van der Waals surface area contributed by atoms with Crippen molar-refractivity contribution >= 4 is 56.7 Å². The van der Waals surface area contributed by atoms with Crippen LogP contribution in [0.1, 0.15) is 63.8 Å². The average Bonchev–Trinajstić information content (AvgIpc) is 3.46. The zero-order chi connectivity index (χ0) is 25.6. The Kier molecular flexibility index (Phi) is 8.91. The van der Waals surface area contributed by atoms with E-state index in [0.29, 0.717) is 0 Å². The monoisotopic (exact) mass is 547 g/mol. The van der Waals surface area contributed by atoms with Gasteiger partial charge in [-0.25, -0.2) is 0 Å². The molecular formula is C32H36ClN2S2+. The summed E-state index contributed by atoms with van der Waals surface area (Å²) in [5.41, 5.74) is 5.17. The van der Waals surface area contributed by atoms with Gasteiger partial charge in [0.25, 0.3) is 5.01 Å². The summed E-state index contributed by atoms with van der Waals surface area (Å²) in [5.74, 6) is 0. The van der Waals surface area contributed by atoms with Crippen LogP contribution in [0.15, 0.2) is 92.9 Å². The molecule has 5 rings (SSSR count). The highest BCUT2D eigenvalue weighted by atomic mass is 35.5. The second-order valence-corrected chi connectivity index (χ2v) is 12.2.